The summed E-state index contributed by atoms with van der Waals surface area (Å²) in [6.45, 7) is 4.38. The van der Waals surface area contributed by atoms with E-state index in [-0.39, 0.29) is 10.8 Å². The number of anilines is 1. The first-order chi connectivity index (χ1) is 14.5. The van der Waals surface area contributed by atoms with Crippen molar-refractivity contribution in [2.75, 3.05) is 30.6 Å². The number of sulfonamides is 1. The highest BCUT2D eigenvalue weighted by atomic mass is 32.2. The second-order valence-electron chi connectivity index (χ2n) is 7.41. The van der Waals surface area contributed by atoms with Crippen molar-refractivity contribution in [3.05, 3.63) is 59.7 Å². The lowest BCUT2D eigenvalue weighted by Gasteiger charge is -2.30. The molecule has 162 valence electrons. The molecule has 7 heteroatoms. The number of aryl methyl sites for hydroxylation is 1. The SMILES string of the molecule is CCCCOCCCNC(=O)c1cccc(S(=O)(=O)N2CCCc3ccccc32)c1. The summed E-state index contributed by atoms with van der Waals surface area (Å²) in [7, 11) is -3.74. The zero-order chi connectivity index (χ0) is 21.4. The second kappa shape index (κ2) is 10.6. The number of ether oxygens (including phenoxy) is 1. The molecule has 1 N–H and O–H groups in total. The summed E-state index contributed by atoms with van der Waals surface area (Å²) >= 11 is 0. The Kier molecular flexibility index (Phi) is 7.87. The number of unbranched alkanes of at least 4 members (excludes halogenated alkanes) is 1. The third-order valence-electron chi connectivity index (χ3n) is 5.15. The van der Waals surface area contributed by atoms with Crippen LogP contribution >= 0.6 is 0 Å². The Morgan fingerprint density at radius 3 is 2.73 bits per heavy atom. The number of benzene rings is 2. The van der Waals surface area contributed by atoms with Crippen LogP contribution in [0.15, 0.2) is 53.4 Å². The minimum atomic E-state index is -3.74. The van der Waals surface area contributed by atoms with Crippen LogP contribution in [0, 0.1) is 0 Å². The molecule has 1 aliphatic heterocycles. The van der Waals surface area contributed by atoms with Gasteiger partial charge in [-0.25, -0.2) is 8.42 Å². The molecule has 6 nitrogen and oxygen atoms in total. The lowest BCUT2D eigenvalue weighted by atomic mass is 10.0. The molecular weight excluding hydrogens is 400 g/mol. The summed E-state index contributed by atoms with van der Waals surface area (Å²) in [6, 6.07) is 13.8. The molecule has 2 aromatic carbocycles. The maximum Gasteiger partial charge on any atom is 0.264 e. The Balaban J connectivity index is 1.66. The summed E-state index contributed by atoms with van der Waals surface area (Å²) in [5, 5.41) is 2.84. The highest BCUT2D eigenvalue weighted by Crippen LogP contribution is 2.31. The summed E-state index contributed by atoms with van der Waals surface area (Å²) in [4.78, 5) is 12.6. The number of carbonyl (C=O) groups excluding carboxylic acids is 1. The summed E-state index contributed by atoms with van der Waals surface area (Å²) in [6.07, 6.45) is 4.50. The van der Waals surface area contributed by atoms with E-state index in [4.69, 9.17) is 4.74 Å². The smallest absolute Gasteiger partial charge is 0.264 e. The summed E-state index contributed by atoms with van der Waals surface area (Å²) < 4.78 is 33.5. The molecule has 0 atom stereocenters. The molecule has 0 saturated carbocycles. The van der Waals surface area contributed by atoms with Crippen molar-refractivity contribution in [1.29, 1.82) is 0 Å². The molecule has 0 bridgehead atoms. The third-order valence-corrected chi connectivity index (χ3v) is 6.95. The number of carbonyl (C=O) groups is 1. The van der Waals surface area contributed by atoms with Gasteiger partial charge in [0.05, 0.1) is 10.6 Å². The minimum absolute atomic E-state index is 0.134. The maximum absolute atomic E-state index is 13.3. The average molecular weight is 431 g/mol. The molecule has 0 saturated heterocycles. The van der Waals surface area contributed by atoms with Crippen LogP contribution in [0.2, 0.25) is 0 Å². The predicted octanol–water partition coefficient (Wildman–Crippen LogP) is 3.76. The first kappa shape index (κ1) is 22.3. The zero-order valence-electron chi connectivity index (χ0n) is 17.5. The van der Waals surface area contributed by atoms with Crippen molar-refractivity contribution in [1.82, 2.24) is 5.32 Å². The summed E-state index contributed by atoms with van der Waals surface area (Å²) in [5.74, 6) is -0.278. The van der Waals surface area contributed by atoms with Crippen LogP contribution in [0.5, 0.6) is 0 Å². The van der Waals surface area contributed by atoms with Crippen LogP contribution in [-0.2, 0) is 21.2 Å². The van der Waals surface area contributed by atoms with Gasteiger partial charge < -0.3 is 10.1 Å². The van der Waals surface area contributed by atoms with Gasteiger partial charge >= 0.3 is 0 Å². The van der Waals surface area contributed by atoms with E-state index < -0.39 is 10.0 Å². The lowest BCUT2D eigenvalue weighted by molar-refractivity contribution is 0.0940. The Hall–Kier alpha value is -2.38. The van der Waals surface area contributed by atoms with E-state index in [0.29, 0.717) is 25.3 Å². The fraction of sp³-hybridized carbons (Fsp3) is 0.435. The molecule has 1 heterocycles. The van der Waals surface area contributed by atoms with Crippen LogP contribution in [0.25, 0.3) is 0 Å². The van der Waals surface area contributed by atoms with Gasteiger partial charge in [-0.15, -0.1) is 0 Å². The molecule has 30 heavy (non-hydrogen) atoms. The van der Waals surface area contributed by atoms with Crippen molar-refractivity contribution < 1.29 is 17.9 Å². The number of hydrogen-bond donors (Lipinski definition) is 1. The Morgan fingerprint density at radius 2 is 1.90 bits per heavy atom. The number of rotatable bonds is 10. The highest BCUT2D eigenvalue weighted by molar-refractivity contribution is 7.92. The monoisotopic (exact) mass is 430 g/mol. The van der Waals surface area contributed by atoms with E-state index in [0.717, 1.165) is 50.0 Å². The van der Waals surface area contributed by atoms with Gasteiger partial charge in [0.25, 0.3) is 15.9 Å². The first-order valence-corrected chi connectivity index (χ1v) is 12.0. The second-order valence-corrected chi connectivity index (χ2v) is 9.27. The largest absolute Gasteiger partial charge is 0.381 e. The predicted molar refractivity (Wildman–Crippen MR) is 118 cm³/mol. The number of nitrogens with one attached hydrogen (secondary N) is 1. The lowest BCUT2D eigenvalue weighted by Crippen LogP contribution is -2.35. The van der Waals surface area contributed by atoms with Gasteiger partial charge in [-0.2, -0.15) is 0 Å². The molecule has 0 radical (unpaired) electrons. The van der Waals surface area contributed by atoms with Crippen LogP contribution in [0.4, 0.5) is 5.69 Å². The molecule has 0 unspecified atom stereocenters. The molecule has 0 spiro atoms. The number of hydrogen-bond acceptors (Lipinski definition) is 4. The van der Waals surface area contributed by atoms with Gasteiger partial charge in [0, 0.05) is 31.9 Å². The van der Waals surface area contributed by atoms with Crippen molar-refractivity contribution in [3.8, 4) is 0 Å². The van der Waals surface area contributed by atoms with Gasteiger partial charge in [0.1, 0.15) is 0 Å². The van der Waals surface area contributed by atoms with E-state index in [9.17, 15) is 13.2 Å². The first-order valence-electron chi connectivity index (χ1n) is 10.6. The average Bonchev–Trinajstić information content (AvgIpc) is 2.78. The molecule has 0 aromatic heterocycles. The van der Waals surface area contributed by atoms with Crippen LogP contribution in [-0.4, -0.2) is 40.6 Å². The fourth-order valence-corrected chi connectivity index (χ4v) is 5.09. The fourth-order valence-electron chi connectivity index (χ4n) is 3.50. The van der Waals surface area contributed by atoms with Gasteiger partial charge in [-0.05, 0) is 55.5 Å². The van der Waals surface area contributed by atoms with E-state index >= 15 is 0 Å². The minimum Gasteiger partial charge on any atom is -0.381 e. The summed E-state index contributed by atoms with van der Waals surface area (Å²) in [5.41, 5.74) is 2.09. The van der Waals surface area contributed by atoms with E-state index in [2.05, 4.69) is 12.2 Å². The molecule has 1 aliphatic rings. The van der Waals surface area contributed by atoms with Crippen molar-refractivity contribution in [2.24, 2.45) is 0 Å². The Morgan fingerprint density at radius 1 is 1.10 bits per heavy atom. The van der Waals surface area contributed by atoms with E-state index in [1.165, 1.54) is 10.4 Å². The standard InChI is InChI=1S/C23H30N2O4S/c1-2-3-16-29-17-8-14-24-23(26)20-10-6-12-21(18-20)30(27,28)25-15-7-11-19-9-4-5-13-22(19)25/h4-6,9-10,12-13,18H,2-3,7-8,11,14-17H2,1H3,(H,24,26). The molecule has 0 fully saturated rings. The molecular formula is C23H30N2O4S. The number of nitrogens with zero attached hydrogens (tertiary/aromatic N) is 1. The van der Waals surface area contributed by atoms with Gasteiger partial charge in [-0.3, -0.25) is 9.10 Å². The Labute approximate surface area is 179 Å². The Bertz CT molecular complexity index is 959. The highest BCUT2D eigenvalue weighted by Gasteiger charge is 2.29. The van der Waals surface area contributed by atoms with E-state index in [1.807, 2.05) is 24.3 Å². The number of para-hydroxylation sites is 1. The van der Waals surface area contributed by atoms with Gasteiger partial charge in [-0.1, -0.05) is 37.6 Å². The third kappa shape index (κ3) is 5.40. The zero-order valence-corrected chi connectivity index (χ0v) is 18.3. The van der Waals surface area contributed by atoms with Gasteiger partial charge in [0.2, 0.25) is 0 Å². The van der Waals surface area contributed by atoms with Crippen molar-refractivity contribution >= 4 is 21.6 Å². The van der Waals surface area contributed by atoms with Crippen LogP contribution < -0.4 is 9.62 Å². The molecule has 2 aromatic rings. The quantitative estimate of drug-likeness (QED) is 0.582. The van der Waals surface area contributed by atoms with Crippen LogP contribution in [0.3, 0.4) is 0 Å². The van der Waals surface area contributed by atoms with Crippen LogP contribution in [0.1, 0.15) is 48.5 Å². The molecule has 3 rings (SSSR count). The molecule has 0 aliphatic carbocycles. The van der Waals surface area contributed by atoms with Gasteiger partial charge in [0.15, 0.2) is 0 Å². The topological polar surface area (TPSA) is 75.7 Å². The number of fused-ring (bicyclic) bond motifs is 1. The normalized spacial score (nSPS) is 13.7. The van der Waals surface area contributed by atoms with Crippen molar-refractivity contribution in [3.63, 3.8) is 0 Å². The van der Waals surface area contributed by atoms with E-state index in [1.54, 1.807) is 18.2 Å². The molecule has 1 amide bonds. The number of amides is 1. The maximum atomic E-state index is 13.3. The van der Waals surface area contributed by atoms with Crippen molar-refractivity contribution in [2.45, 2.75) is 43.9 Å².